The Morgan fingerprint density at radius 3 is 2.23 bits per heavy atom. The van der Waals surface area contributed by atoms with Crippen LogP contribution in [0, 0.1) is 6.92 Å². The molecule has 0 saturated carbocycles. The summed E-state index contributed by atoms with van der Waals surface area (Å²) in [5.41, 5.74) is 1.17. The van der Waals surface area contributed by atoms with Crippen molar-refractivity contribution in [3.63, 3.8) is 0 Å². The molecule has 0 N–H and O–H groups in total. The van der Waals surface area contributed by atoms with Gasteiger partial charge in [0.05, 0.1) is 10.6 Å². The van der Waals surface area contributed by atoms with Crippen molar-refractivity contribution < 1.29 is 18.0 Å². The first-order valence-corrected chi connectivity index (χ1v) is 10.9. The summed E-state index contributed by atoms with van der Waals surface area (Å²) in [5.74, 6) is -2.16. The maximum atomic E-state index is 13.5. The van der Waals surface area contributed by atoms with E-state index in [9.17, 15) is 18.0 Å². The summed E-state index contributed by atoms with van der Waals surface area (Å²) in [6, 6.07) is 8.52. The van der Waals surface area contributed by atoms with E-state index in [0.717, 1.165) is 5.56 Å². The van der Waals surface area contributed by atoms with Crippen molar-refractivity contribution in [2.45, 2.75) is 49.3 Å². The second-order valence-corrected chi connectivity index (χ2v) is 9.24. The zero-order valence-corrected chi connectivity index (χ0v) is 19.3. The lowest BCUT2D eigenvalue weighted by molar-refractivity contribution is -0.0886. The SMILES string of the molecule is Cc1c(C(=O)C(F)(F)F)c(C(C)C)c(Sc2cc(Cl)cc(Cl)c2)n1Cc1ccncc1. The van der Waals surface area contributed by atoms with E-state index >= 15 is 0 Å². The van der Waals surface area contributed by atoms with E-state index in [1.165, 1.54) is 11.8 Å². The molecule has 3 nitrogen and oxygen atoms in total. The highest BCUT2D eigenvalue weighted by Gasteiger charge is 2.43. The number of rotatable bonds is 6. The highest BCUT2D eigenvalue weighted by Crippen LogP contribution is 2.42. The number of pyridine rings is 1. The predicted octanol–water partition coefficient (Wildman–Crippen LogP) is 7.57. The standard InChI is InChI=1S/C22H19Cl2F3N2OS/c1-12(2)18-19(20(30)22(25,26)27)13(3)29(11-14-4-6-28-7-5-14)21(18)31-17-9-15(23)8-16(24)10-17/h4-10,12H,11H2,1-3H3. The number of benzene rings is 1. The van der Waals surface area contributed by atoms with Gasteiger partial charge in [0.25, 0.3) is 5.78 Å². The molecule has 0 radical (unpaired) electrons. The van der Waals surface area contributed by atoms with Gasteiger partial charge in [-0.15, -0.1) is 0 Å². The molecule has 0 spiro atoms. The van der Waals surface area contributed by atoms with Crippen LogP contribution < -0.4 is 0 Å². The third-order valence-corrected chi connectivity index (χ3v) is 6.26. The van der Waals surface area contributed by atoms with E-state index < -0.39 is 12.0 Å². The van der Waals surface area contributed by atoms with Crippen LogP contribution in [0.1, 0.15) is 46.9 Å². The van der Waals surface area contributed by atoms with E-state index in [0.29, 0.717) is 25.5 Å². The number of carbonyl (C=O) groups is 1. The minimum Gasteiger partial charge on any atom is -0.335 e. The number of aromatic nitrogens is 2. The van der Waals surface area contributed by atoms with Crippen molar-refractivity contribution in [2.75, 3.05) is 0 Å². The molecule has 0 aliphatic carbocycles. The summed E-state index contributed by atoms with van der Waals surface area (Å²) in [7, 11) is 0. The number of nitrogens with zero attached hydrogens (tertiary/aromatic N) is 2. The average Bonchev–Trinajstić information content (AvgIpc) is 2.92. The van der Waals surface area contributed by atoms with Crippen LogP contribution in [0.15, 0.2) is 52.6 Å². The van der Waals surface area contributed by atoms with Crippen LogP contribution in [0.5, 0.6) is 0 Å². The molecule has 0 aliphatic rings. The Morgan fingerprint density at radius 2 is 1.71 bits per heavy atom. The van der Waals surface area contributed by atoms with Gasteiger partial charge in [-0.1, -0.05) is 48.8 Å². The molecule has 9 heteroatoms. The minimum atomic E-state index is -4.97. The van der Waals surface area contributed by atoms with Crippen molar-refractivity contribution in [2.24, 2.45) is 0 Å². The van der Waals surface area contributed by atoms with Crippen LogP contribution >= 0.6 is 35.0 Å². The molecule has 0 bridgehead atoms. The van der Waals surface area contributed by atoms with Crippen LogP contribution in [0.4, 0.5) is 13.2 Å². The van der Waals surface area contributed by atoms with Gasteiger partial charge < -0.3 is 4.57 Å². The normalized spacial score (nSPS) is 11.9. The van der Waals surface area contributed by atoms with E-state index in [4.69, 9.17) is 23.2 Å². The fraction of sp³-hybridized carbons (Fsp3) is 0.273. The molecule has 0 unspecified atom stereocenters. The maximum absolute atomic E-state index is 13.5. The number of alkyl halides is 3. The fourth-order valence-corrected chi connectivity index (χ4v) is 5.38. The fourth-order valence-electron chi connectivity index (χ4n) is 3.37. The van der Waals surface area contributed by atoms with Gasteiger partial charge in [0, 0.05) is 39.6 Å². The summed E-state index contributed by atoms with van der Waals surface area (Å²) in [6.45, 7) is 5.37. The third-order valence-electron chi connectivity index (χ3n) is 4.71. The van der Waals surface area contributed by atoms with Crippen LogP contribution in [0.2, 0.25) is 10.0 Å². The Labute approximate surface area is 192 Å². The molecule has 0 aliphatic heterocycles. The van der Waals surface area contributed by atoms with Crippen LogP contribution in [-0.2, 0) is 6.54 Å². The molecule has 2 aromatic heterocycles. The van der Waals surface area contributed by atoms with Crippen molar-refractivity contribution in [3.8, 4) is 0 Å². The molecule has 164 valence electrons. The van der Waals surface area contributed by atoms with E-state index in [1.54, 1.807) is 68.1 Å². The third kappa shape index (κ3) is 5.27. The molecule has 3 aromatic rings. The van der Waals surface area contributed by atoms with Gasteiger partial charge >= 0.3 is 6.18 Å². The molecule has 0 atom stereocenters. The Balaban J connectivity index is 2.25. The zero-order chi connectivity index (χ0) is 22.9. The highest BCUT2D eigenvalue weighted by atomic mass is 35.5. The first-order chi connectivity index (χ1) is 14.5. The number of carbonyl (C=O) groups excluding carboxylic acids is 1. The lowest BCUT2D eigenvalue weighted by Gasteiger charge is -2.15. The van der Waals surface area contributed by atoms with Gasteiger partial charge in [-0.25, -0.2) is 0 Å². The molecular weight excluding hydrogens is 468 g/mol. The summed E-state index contributed by atoms with van der Waals surface area (Å²) < 4.78 is 42.1. The Morgan fingerprint density at radius 1 is 1.13 bits per heavy atom. The summed E-state index contributed by atoms with van der Waals surface area (Å²) in [5, 5.41) is 1.38. The van der Waals surface area contributed by atoms with E-state index in [-0.39, 0.29) is 23.7 Å². The number of hydrogen-bond donors (Lipinski definition) is 0. The lowest BCUT2D eigenvalue weighted by atomic mass is 9.97. The maximum Gasteiger partial charge on any atom is 0.454 e. The van der Waals surface area contributed by atoms with Crippen LogP contribution in [0.3, 0.4) is 0 Å². The number of halogens is 5. The van der Waals surface area contributed by atoms with Gasteiger partial charge in [0.1, 0.15) is 0 Å². The smallest absolute Gasteiger partial charge is 0.335 e. The van der Waals surface area contributed by atoms with Crippen molar-refractivity contribution in [3.05, 3.63) is 75.2 Å². The van der Waals surface area contributed by atoms with Crippen LogP contribution in [-0.4, -0.2) is 21.5 Å². The number of Topliss-reactive ketones (excluding diaryl/α,β-unsaturated/α-hetero) is 1. The molecule has 0 saturated heterocycles. The van der Waals surface area contributed by atoms with E-state index in [1.807, 2.05) is 0 Å². The summed E-state index contributed by atoms with van der Waals surface area (Å²) >= 11 is 13.5. The zero-order valence-electron chi connectivity index (χ0n) is 16.9. The van der Waals surface area contributed by atoms with Gasteiger partial charge in [0.2, 0.25) is 0 Å². The summed E-state index contributed by atoms with van der Waals surface area (Å²) in [6.07, 6.45) is -1.75. The molecule has 0 fully saturated rings. The van der Waals surface area contributed by atoms with Gasteiger partial charge in [-0.05, 0) is 54.3 Å². The Kier molecular flexibility index (Phi) is 7.08. The first kappa shape index (κ1) is 23.7. The largest absolute Gasteiger partial charge is 0.454 e. The second kappa shape index (κ2) is 9.27. The van der Waals surface area contributed by atoms with E-state index in [2.05, 4.69) is 4.98 Å². The summed E-state index contributed by atoms with van der Waals surface area (Å²) in [4.78, 5) is 17.0. The predicted molar refractivity (Wildman–Crippen MR) is 118 cm³/mol. The van der Waals surface area contributed by atoms with Crippen molar-refractivity contribution in [1.29, 1.82) is 0 Å². The Hall–Kier alpha value is -1.96. The van der Waals surface area contributed by atoms with Gasteiger partial charge in [-0.3, -0.25) is 9.78 Å². The van der Waals surface area contributed by atoms with Gasteiger partial charge in [0.15, 0.2) is 0 Å². The van der Waals surface area contributed by atoms with Crippen LogP contribution in [0.25, 0.3) is 0 Å². The topological polar surface area (TPSA) is 34.9 Å². The molecule has 31 heavy (non-hydrogen) atoms. The first-order valence-electron chi connectivity index (χ1n) is 9.36. The molecule has 0 amide bonds. The average molecular weight is 487 g/mol. The lowest BCUT2D eigenvalue weighted by Crippen LogP contribution is -2.24. The van der Waals surface area contributed by atoms with Crippen molar-refractivity contribution >= 4 is 40.7 Å². The second-order valence-electron chi connectivity index (χ2n) is 7.31. The minimum absolute atomic E-state index is 0.262. The Bertz CT molecular complexity index is 1090. The monoisotopic (exact) mass is 486 g/mol. The molecule has 3 rings (SSSR count). The molecule has 2 heterocycles. The quantitative estimate of drug-likeness (QED) is 0.337. The molecular formula is C22H19Cl2F3N2OS. The van der Waals surface area contributed by atoms with Gasteiger partial charge in [-0.2, -0.15) is 13.2 Å². The highest BCUT2D eigenvalue weighted by molar-refractivity contribution is 7.99. The number of hydrogen-bond acceptors (Lipinski definition) is 3. The van der Waals surface area contributed by atoms with Crippen molar-refractivity contribution in [1.82, 2.24) is 9.55 Å². The number of ketones is 1. The molecule has 1 aromatic carbocycles.